The molecule has 4 heteroatoms. The Hall–Kier alpha value is -1.81. The molecule has 1 amide bonds. The van der Waals surface area contributed by atoms with Crippen LogP contribution in [0.5, 0.6) is 0 Å². The molecule has 1 fully saturated rings. The molecule has 0 spiro atoms. The normalized spacial score (nSPS) is 19.4. The van der Waals surface area contributed by atoms with Crippen molar-refractivity contribution in [1.82, 2.24) is 4.90 Å². The van der Waals surface area contributed by atoms with Crippen LogP contribution in [0.15, 0.2) is 34.7 Å². The van der Waals surface area contributed by atoms with E-state index in [4.69, 9.17) is 9.15 Å². The molecule has 106 valence electrons. The first-order valence-electron chi connectivity index (χ1n) is 7.04. The Balaban J connectivity index is 1.77. The molecule has 4 nitrogen and oxygen atoms in total. The highest BCUT2D eigenvalue weighted by Gasteiger charge is 2.26. The Labute approximate surface area is 118 Å². The lowest BCUT2D eigenvalue weighted by Gasteiger charge is -2.31. The first-order chi connectivity index (χ1) is 9.78. The quantitative estimate of drug-likeness (QED) is 0.863. The van der Waals surface area contributed by atoms with E-state index in [-0.39, 0.29) is 5.91 Å². The number of piperidine rings is 1. The Morgan fingerprint density at radius 1 is 1.45 bits per heavy atom. The Kier molecular flexibility index (Phi) is 3.74. The van der Waals surface area contributed by atoms with Crippen LogP contribution in [-0.2, 0) is 4.74 Å². The van der Waals surface area contributed by atoms with E-state index in [0.29, 0.717) is 18.3 Å². The topological polar surface area (TPSA) is 42.7 Å². The van der Waals surface area contributed by atoms with Gasteiger partial charge in [0.25, 0.3) is 5.91 Å². The summed E-state index contributed by atoms with van der Waals surface area (Å²) in [6.07, 6.45) is 2.15. The molecule has 0 aliphatic carbocycles. The summed E-state index contributed by atoms with van der Waals surface area (Å²) < 4.78 is 10.9. The van der Waals surface area contributed by atoms with Gasteiger partial charge in [0.2, 0.25) is 0 Å². The number of rotatable bonds is 3. The van der Waals surface area contributed by atoms with Crippen LogP contribution in [0.3, 0.4) is 0 Å². The lowest BCUT2D eigenvalue weighted by atomic mass is 9.99. The van der Waals surface area contributed by atoms with E-state index in [1.807, 2.05) is 35.2 Å². The first kappa shape index (κ1) is 13.2. The number of hydrogen-bond donors (Lipinski definition) is 0. The fourth-order valence-corrected chi connectivity index (χ4v) is 2.86. The molecule has 1 atom stereocenters. The SMILES string of the molecule is COCC1CCCN(C(=O)c2cc3ccccc3o2)C1. The number of carbonyl (C=O) groups is 1. The zero-order chi connectivity index (χ0) is 13.9. The third-order valence-electron chi connectivity index (χ3n) is 3.84. The third-order valence-corrected chi connectivity index (χ3v) is 3.84. The molecule has 2 aromatic rings. The fraction of sp³-hybridized carbons (Fsp3) is 0.438. The van der Waals surface area contributed by atoms with Gasteiger partial charge in [-0.05, 0) is 30.9 Å². The zero-order valence-corrected chi connectivity index (χ0v) is 11.7. The van der Waals surface area contributed by atoms with E-state index in [1.54, 1.807) is 7.11 Å². The maximum atomic E-state index is 12.5. The summed E-state index contributed by atoms with van der Waals surface area (Å²) >= 11 is 0. The van der Waals surface area contributed by atoms with Gasteiger partial charge < -0.3 is 14.1 Å². The van der Waals surface area contributed by atoms with E-state index in [1.165, 1.54) is 0 Å². The monoisotopic (exact) mass is 273 g/mol. The van der Waals surface area contributed by atoms with E-state index < -0.39 is 0 Å². The number of furan rings is 1. The van der Waals surface area contributed by atoms with Gasteiger partial charge in [-0.15, -0.1) is 0 Å². The van der Waals surface area contributed by atoms with E-state index >= 15 is 0 Å². The summed E-state index contributed by atoms with van der Waals surface area (Å²) in [7, 11) is 1.71. The van der Waals surface area contributed by atoms with Crippen LogP contribution in [0.25, 0.3) is 11.0 Å². The first-order valence-corrected chi connectivity index (χ1v) is 7.04. The van der Waals surface area contributed by atoms with Crippen molar-refractivity contribution in [2.75, 3.05) is 26.8 Å². The van der Waals surface area contributed by atoms with Crippen LogP contribution in [0.4, 0.5) is 0 Å². The average Bonchev–Trinajstić information content (AvgIpc) is 2.91. The Bertz CT molecular complexity index is 570. The van der Waals surface area contributed by atoms with E-state index in [9.17, 15) is 4.79 Å². The van der Waals surface area contributed by atoms with Crippen molar-refractivity contribution in [2.24, 2.45) is 5.92 Å². The van der Waals surface area contributed by atoms with Gasteiger partial charge in [0.05, 0.1) is 6.61 Å². The average molecular weight is 273 g/mol. The molecule has 3 rings (SSSR count). The minimum Gasteiger partial charge on any atom is -0.451 e. The Morgan fingerprint density at radius 2 is 2.30 bits per heavy atom. The van der Waals surface area contributed by atoms with Crippen LogP contribution < -0.4 is 0 Å². The molecule has 20 heavy (non-hydrogen) atoms. The second-order valence-corrected chi connectivity index (χ2v) is 5.36. The number of para-hydroxylation sites is 1. The highest BCUT2D eigenvalue weighted by atomic mass is 16.5. The van der Waals surface area contributed by atoms with Crippen LogP contribution >= 0.6 is 0 Å². The fourth-order valence-electron chi connectivity index (χ4n) is 2.86. The zero-order valence-electron chi connectivity index (χ0n) is 11.7. The van der Waals surface area contributed by atoms with Gasteiger partial charge in [-0.1, -0.05) is 18.2 Å². The summed E-state index contributed by atoms with van der Waals surface area (Å²) in [6.45, 7) is 2.27. The number of hydrogen-bond acceptors (Lipinski definition) is 3. The van der Waals surface area contributed by atoms with Gasteiger partial charge in [0.1, 0.15) is 5.58 Å². The number of likely N-dealkylation sites (tertiary alicyclic amines) is 1. The van der Waals surface area contributed by atoms with Gasteiger partial charge in [0, 0.05) is 25.6 Å². The largest absolute Gasteiger partial charge is 0.451 e. The predicted octanol–water partition coefficient (Wildman–Crippen LogP) is 2.93. The molecule has 1 aromatic carbocycles. The van der Waals surface area contributed by atoms with Crippen molar-refractivity contribution in [3.8, 4) is 0 Å². The number of methoxy groups -OCH3 is 1. The number of carbonyl (C=O) groups excluding carboxylic acids is 1. The number of ether oxygens (including phenoxy) is 1. The molecule has 1 unspecified atom stereocenters. The second-order valence-electron chi connectivity index (χ2n) is 5.36. The van der Waals surface area contributed by atoms with Crippen molar-refractivity contribution in [2.45, 2.75) is 12.8 Å². The van der Waals surface area contributed by atoms with Gasteiger partial charge in [-0.25, -0.2) is 0 Å². The van der Waals surface area contributed by atoms with Crippen molar-refractivity contribution in [1.29, 1.82) is 0 Å². The van der Waals surface area contributed by atoms with Crippen LogP contribution in [0.2, 0.25) is 0 Å². The Morgan fingerprint density at radius 3 is 3.10 bits per heavy atom. The van der Waals surface area contributed by atoms with Crippen LogP contribution in [0, 0.1) is 5.92 Å². The molecular weight excluding hydrogens is 254 g/mol. The number of nitrogens with zero attached hydrogens (tertiary/aromatic N) is 1. The van der Waals surface area contributed by atoms with Crippen molar-refractivity contribution >= 4 is 16.9 Å². The van der Waals surface area contributed by atoms with E-state index in [0.717, 1.165) is 36.9 Å². The predicted molar refractivity (Wildman–Crippen MR) is 76.7 cm³/mol. The van der Waals surface area contributed by atoms with Gasteiger partial charge in [-0.2, -0.15) is 0 Å². The molecule has 0 bridgehead atoms. The number of fused-ring (bicyclic) bond motifs is 1. The minimum absolute atomic E-state index is 0.0120. The van der Waals surface area contributed by atoms with E-state index in [2.05, 4.69) is 0 Å². The minimum atomic E-state index is -0.0120. The maximum absolute atomic E-state index is 12.5. The second kappa shape index (κ2) is 5.67. The molecule has 0 saturated carbocycles. The molecule has 0 radical (unpaired) electrons. The van der Waals surface area contributed by atoms with Gasteiger partial charge in [0.15, 0.2) is 5.76 Å². The molecule has 2 heterocycles. The summed E-state index contributed by atoms with van der Waals surface area (Å²) in [5.41, 5.74) is 0.765. The van der Waals surface area contributed by atoms with Gasteiger partial charge >= 0.3 is 0 Å². The summed E-state index contributed by atoms with van der Waals surface area (Å²) in [4.78, 5) is 14.4. The van der Waals surface area contributed by atoms with Crippen LogP contribution in [-0.4, -0.2) is 37.6 Å². The summed E-state index contributed by atoms with van der Waals surface area (Å²) in [5, 5.41) is 0.973. The lowest BCUT2D eigenvalue weighted by Crippen LogP contribution is -2.41. The van der Waals surface area contributed by atoms with Gasteiger partial charge in [-0.3, -0.25) is 4.79 Å². The molecule has 1 aromatic heterocycles. The smallest absolute Gasteiger partial charge is 0.289 e. The van der Waals surface area contributed by atoms with Crippen molar-refractivity contribution in [3.63, 3.8) is 0 Å². The summed E-state index contributed by atoms with van der Waals surface area (Å²) in [6, 6.07) is 9.53. The number of amides is 1. The highest BCUT2D eigenvalue weighted by molar-refractivity contribution is 5.96. The molecule has 0 N–H and O–H groups in total. The molecule has 1 aliphatic heterocycles. The van der Waals surface area contributed by atoms with Crippen molar-refractivity contribution < 1.29 is 13.9 Å². The molecular formula is C16H19NO3. The molecule has 1 saturated heterocycles. The third kappa shape index (κ3) is 2.56. The standard InChI is InChI=1S/C16H19NO3/c1-19-11-12-5-4-8-17(10-12)16(18)15-9-13-6-2-3-7-14(13)20-15/h2-3,6-7,9,12H,4-5,8,10-11H2,1H3. The maximum Gasteiger partial charge on any atom is 0.289 e. The number of benzene rings is 1. The lowest BCUT2D eigenvalue weighted by molar-refractivity contribution is 0.0545. The van der Waals surface area contributed by atoms with Crippen LogP contribution in [0.1, 0.15) is 23.4 Å². The molecule has 1 aliphatic rings. The summed E-state index contributed by atoms with van der Waals surface area (Å²) in [5.74, 6) is 0.855. The highest BCUT2D eigenvalue weighted by Crippen LogP contribution is 2.23. The van der Waals surface area contributed by atoms with Crippen molar-refractivity contribution in [3.05, 3.63) is 36.1 Å².